The Kier molecular flexibility index (Phi) is 5.93. The number of hydrogen-bond acceptors (Lipinski definition) is 5. The van der Waals surface area contributed by atoms with Crippen LogP contribution < -0.4 is 10.6 Å². The van der Waals surface area contributed by atoms with Gasteiger partial charge in [0.1, 0.15) is 11.6 Å². The molecule has 0 bridgehead atoms. The average molecular weight is 422 g/mol. The molecule has 0 fully saturated rings. The number of carbonyl (C=O) groups excluding carboxylic acids is 1. The molecule has 0 radical (unpaired) electrons. The highest BCUT2D eigenvalue weighted by Crippen LogP contribution is 2.17. The van der Waals surface area contributed by atoms with Crippen LogP contribution in [-0.2, 0) is 14.9 Å². The average Bonchev–Trinajstić information content (AvgIpc) is 2.55. The second-order valence-electron chi connectivity index (χ2n) is 4.78. The van der Waals surface area contributed by atoms with Gasteiger partial charge in [0.2, 0.25) is 0 Å². The van der Waals surface area contributed by atoms with Gasteiger partial charge < -0.3 is 10.6 Å². The lowest BCUT2D eigenvalue weighted by Gasteiger charge is -2.06. The monoisotopic (exact) mass is 421 g/mol. The summed E-state index contributed by atoms with van der Waals surface area (Å²) in [4.78, 5) is 11.8. The second-order valence-corrected chi connectivity index (χ2v) is 7.12. The fourth-order valence-electron chi connectivity index (χ4n) is 1.79. The molecule has 1 amide bonds. The molecule has 0 heterocycles. The van der Waals surface area contributed by atoms with Gasteiger partial charge in [-0.1, -0.05) is 22.0 Å². The van der Waals surface area contributed by atoms with Gasteiger partial charge in [-0.05, 0) is 42.5 Å². The normalized spacial score (nSPS) is 11.5. The Bertz CT molecular complexity index is 964. The first-order valence-electron chi connectivity index (χ1n) is 6.81. The van der Waals surface area contributed by atoms with E-state index in [9.17, 15) is 13.2 Å². The Morgan fingerprint density at radius 1 is 1.16 bits per heavy atom. The van der Waals surface area contributed by atoms with Crippen molar-refractivity contribution in [2.24, 2.45) is 0 Å². The van der Waals surface area contributed by atoms with Crippen molar-refractivity contribution >= 4 is 43.3 Å². The van der Waals surface area contributed by atoms with E-state index in [2.05, 4.69) is 26.6 Å². The highest BCUT2D eigenvalue weighted by Gasteiger charge is 2.12. The molecule has 0 aliphatic carbocycles. The number of nitriles is 1. The molecule has 0 spiro atoms. The van der Waals surface area contributed by atoms with Crippen LogP contribution in [0.1, 0.15) is 0 Å². The van der Waals surface area contributed by atoms with Gasteiger partial charge in [-0.25, -0.2) is 0 Å². The van der Waals surface area contributed by atoms with Crippen LogP contribution in [0.4, 0.5) is 11.4 Å². The first-order valence-corrected chi connectivity index (χ1v) is 9.04. The molecule has 2 rings (SSSR count). The van der Waals surface area contributed by atoms with E-state index in [1.165, 1.54) is 18.3 Å². The zero-order valence-electron chi connectivity index (χ0n) is 12.6. The number of halogens is 1. The van der Waals surface area contributed by atoms with E-state index in [0.29, 0.717) is 5.69 Å². The van der Waals surface area contributed by atoms with Gasteiger partial charge in [-0.3, -0.25) is 9.35 Å². The van der Waals surface area contributed by atoms with Crippen molar-refractivity contribution < 1.29 is 17.8 Å². The molecule has 0 aliphatic rings. The molecule has 128 valence electrons. The van der Waals surface area contributed by atoms with E-state index in [-0.39, 0.29) is 16.2 Å². The van der Waals surface area contributed by atoms with Gasteiger partial charge in [0.15, 0.2) is 0 Å². The predicted octanol–water partition coefficient (Wildman–Crippen LogP) is 3.15. The summed E-state index contributed by atoms with van der Waals surface area (Å²) in [5.74, 6) is -0.662. The number of nitrogens with one attached hydrogen (secondary N) is 2. The van der Waals surface area contributed by atoms with Crippen molar-refractivity contribution in [3.05, 3.63) is 64.8 Å². The standard InChI is InChI=1S/C16H12BrN3O4S/c17-12-2-1-3-14(8-12)19-10-11(9-18)16(21)20-13-4-6-15(7-5-13)25(22,23)24/h1-8,10,19H,(H,20,21)(H,22,23,24)/b11-10-. The van der Waals surface area contributed by atoms with E-state index < -0.39 is 16.0 Å². The van der Waals surface area contributed by atoms with Crippen LogP contribution in [0.3, 0.4) is 0 Å². The first-order chi connectivity index (χ1) is 11.8. The summed E-state index contributed by atoms with van der Waals surface area (Å²) >= 11 is 3.31. The topological polar surface area (TPSA) is 119 Å². The Labute approximate surface area is 152 Å². The molecular weight excluding hydrogens is 410 g/mol. The summed E-state index contributed by atoms with van der Waals surface area (Å²) in [5, 5.41) is 14.4. The molecule has 25 heavy (non-hydrogen) atoms. The number of rotatable bonds is 5. The number of nitrogens with zero attached hydrogens (tertiary/aromatic N) is 1. The summed E-state index contributed by atoms with van der Waals surface area (Å²) in [6.45, 7) is 0. The summed E-state index contributed by atoms with van der Waals surface area (Å²) in [5.41, 5.74) is 0.798. The zero-order valence-corrected chi connectivity index (χ0v) is 15.0. The summed E-state index contributed by atoms with van der Waals surface area (Å²) in [6, 6.07) is 13.8. The summed E-state index contributed by atoms with van der Waals surface area (Å²) in [7, 11) is -4.30. The smallest absolute Gasteiger partial charge is 0.294 e. The Morgan fingerprint density at radius 2 is 1.84 bits per heavy atom. The Morgan fingerprint density at radius 3 is 2.40 bits per heavy atom. The zero-order chi connectivity index (χ0) is 18.4. The van der Waals surface area contributed by atoms with Gasteiger partial charge in [0, 0.05) is 22.0 Å². The van der Waals surface area contributed by atoms with Crippen molar-refractivity contribution in [3.8, 4) is 6.07 Å². The minimum atomic E-state index is -4.30. The maximum atomic E-state index is 12.1. The minimum Gasteiger partial charge on any atom is -0.360 e. The van der Waals surface area contributed by atoms with Crippen molar-refractivity contribution in [3.63, 3.8) is 0 Å². The van der Waals surface area contributed by atoms with Crippen LogP contribution in [0.2, 0.25) is 0 Å². The molecule has 9 heteroatoms. The SMILES string of the molecule is N#C/C(=C/Nc1cccc(Br)c1)C(=O)Nc1ccc(S(=O)(=O)O)cc1. The molecule has 3 N–H and O–H groups in total. The van der Waals surface area contributed by atoms with Crippen molar-refractivity contribution in [2.45, 2.75) is 4.90 Å². The second kappa shape index (κ2) is 7.94. The Balaban J connectivity index is 2.09. The van der Waals surface area contributed by atoms with Crippen molar-refractivity contribution in [1.82, 2.24) is 0 Å². The molecule has 0 saturated heterocycles. The molecule has 0 atom stereocenters. The largest absolute Gasteiger partial charge is 0.360 e. The molecule has 0 saturated carbocycles. The van der Waals surface area contributed by atoms with Crippen LogP contribution >= 0.6 is 15.9 Å². The minimum absolute atomic E-state index is 0.168. The van der Waals surface area contributed by atoms with Crippen molar-refractivity contribution in [1.29, 1.82) is 5.26 Å². The number of amides is 1. The summed E-state index contributed by atoms with van der Waals surface area (Å²) in [6.07, 6.45) is 1.27. The Hall–Kier alpha value is -2.67. The third-order valence-corrected chi connectivity index (χ3v) is 4.34. The molecule has 2 aromatic rings. The lowest BCUT2D eigenvalue weighted by atomic mass is 10.2. The maximum Gasteiger partial charge on any atom is 0.294 e. The third-order valence-electron chi connectivity index (χ3n) is 2.98. The highest BCUT2D eigenvalue weighted by molar-refractivity contribution is 9.10. The number of carbonyl (C=O) groups is 1. The fourth-order valence-corrected chi connectivity index (χ4v) is 2.67. The van der Waals surface area contributed by atoms with Crippen LogP contribution in [-0.4, -0.2) is 18.9 Å². The number of anilines is 2. The van der Waals surface area contributed by atoms with Gasteiger partial charge in [-0.15, -0.1) is 0 Å². The molecule has 0 unspecified atom stereocenters. The van der Waals surface area contributed by atoms with Crippen LogP contribution in [0, 0.1) is 11.3 Å². The molecule has 0 aliphatic heterocycles. The van der Waals surface area contributed by atoms with E-state index in [4.69, 9.17) is 9.81 Å². The van der Waals surface area contributed by atoms with Gasteiger partial charge in [-0.2, -0.15) is 13.7 Å². The van der Waals surface area contributed by atoms with Gasteiger partial charge in [0.25, 0.3) is 16.0 Å². The van der Waals surface area contributed by atoms with E-state index in [1.54, 1.807) is 24.3 Å². The van der Waals surface area contributed by atoms with Crippen molar-refractivity contribution in [2.75, 3.05) is 10.6 Å². The molecular formula is C16H12BrN3O4S. The molecule has 2 aromatic carbocycles. The highest BCUT2D eigenvalue weighted by atomic mass is 79.9. The molecule has 7 nitrogen and oxygen atoms in total. The van der Waals surface area contributed by atoms with E-state index >= 15 is 0 Å². The number of benzene rings is 2. The van der Waals surface area contributed by atoms with Gasteiger partial charge in [0.05, 0.1) is 4.90 Å². The predicted molar refractivity (Wildman–Crippen MR) is 96.3 cm³/mol. The van der Waals surface area contributed by atoms with E-state index in [0.717, 1.165) is 16.6 Å². The summed E-state index contributed by atoms with van der Waals surface area (Å²) < 4.78 is 31.7. The van der Waals surface area contributed by atoms with E-state index in [1.807, 2.05) is 6.07 Å². The first kappa shape index (κ1) is 18.7. The van der Waals surface area contributed by atoms with Crippen LogP contribution in [0.5, 0.6) is 0 Å². The van der Waals surface area contributed by atoms with Gasteiger partial charge >= 0.3 is 0 Å². The lowest BCUT2D eigenvalue weighted by molar-refractivity contribution is -0.112. The maximum absolute atomic E-state index is 12.1. The van der Waals surface area contributed by atoms with Crippen LogP contribution in [0.25, 0.3) is 0 Å². The lowest BCUT2D eigenvalue weighted by Crippen LogP contribution is -2.14. The third kappa shape index (κ3) is 5.42. The number of hydrogen-bond donors (Lipinski definition) is 3. The quantitative estimate of drug-likeness (QED) is 0.387. The fraction of sp³-hybridized carbons (Fsp3) is 0. The molecule has 0 aromatic heterocycles. The van der Waals surface area contributed by atoms with Crippen LogP contribution in [0.15, 0.2) is 69.7 Å².